The molecule has 0 amide bonds. The fraction of sp³-hybridized carbons (Fsp3) is 0.100. The summed E-state index contributed by atoms with van der Waals surface area (Å²) in [6, 6.07) is 8.64. The van der Waals surface area contributed by atoms with E-state index < -0.39 is 0 Å². The number of hydrogen-bond donors (Lipinski definition) is 0. The van der Waals surface area contributed by atoms with Crippen molar-refractivity contribution in [3.8, 4) is 0 Å². The molecule has 0 saturated carbocycles. The standard InChI is InChI=1S/C10H9B/c1-8-2-3-9-4-5-11-7-10(9)6-8/h2-7H,1H3. The molecule has 1 heterocycles. The molecule has 1 heteroatoms. The van der Waals surface area contributed by atoms with Crippen LogP contribution in [0, 0.1) is 6.92 Å². The van der Waals surface area contributed by atoms with Crippen LogP contribution >= 0.6 is 0 Å². The molecule has 0 aliphatic carbocycles. The van der Waals surface area contributed by atoms with Crippen LogP contribution < -0.4 is 0 Å². The van der Waals surface area contributed by atoms with Gasteiger partial charge in [0, 0.05) is 0 Å². The third kappa shape index (κ3) is 1.18. The van der Waals surface area contributed by atoms with E-state index in [-0.39, 0.29) is 0 Å². The predicted molar refractivity (Wildman–Crippen MR) is 50.0 cm³/mol. The van der Waals surface area contributed by atoms with Gasteiger partial charge >= 0.3 is 66.4 Å². The maximum absolute atomic E-state index is 2.20. The van der Waals surface area contributed by atoms with Crippen LogP contribution in [0.5, 0.6) is 0 Å². The zero-order valence-electron chi connectivity index (χ0n) is 6.54. The monoisotopic (exact) mass is 140 g/mol. The van der Waals surface area contributed by atoms with Crippen LogP contribution in [0.1, 0.15) is 5.56 Å². The van der Waals surface area contributed by atoms with Crippen LogP contribution in [0.4, 0.5) is 0 Å². The zero-order valence-corrected chi connectivity index (χ0v) is 6.54. The average molecular weight is 140 g/mol. The van der Waals surface area contributed by atoms with Crippen molar-refractivity contribution >= 4 is 17.7 Å². The van der Waals surface area contributed by atoms with Gasteiger partial charge in [0.2, 0.25) is 0 Å². The van der Waals surface area contributed by atoms with Crippen molar-refractivity contribution in [2.24, 2.45) is 0 Å². The molecule has 0 aliphatic heterocycles. The van der Waals surface area contributed by atoms with E-state index in [1.165, 1.54) is 16.3 Å². The van der Waals surface area contributed by atoms with Crippen molar-refractivity contribution in [2.45, 2.75) is 6.92 Å². The molecule has 0 bridgehead atoms. The summed E-state index contributed by atoms with van der Waals surface area (Å²) in [6.45, 7) is 4.19. The quantitative estimate of drug-likeness (QED) is 0.527. The fourth-order valence-corrected chi connectivity index (χ4v) is 1.31. The first kappa shape index (κ1) is 6.60. The first-order chi connectivity index (χ1) is 5.36. The van der Waals surface area contributed by atoms with Gasteiger partial charge in [0.25, 0.3) is 0 Å². The van der Waals surface area contributed by atoms with Crippen molar-refractivity contribution in [3.05, 3.63) is 41.8 Å². The average Bonchev–Trinajstić information content (AvgIpc) is 2.04. The molecule has 0 atom stereocenters. The van der Waals surface area contributed by atoms with Gasteiger partial charge in [0.05, 0.1) is 0 Å². The summed E-state index contributed by atoms with van der Waals surface area (Å²) >= 11 is 0. The zero-order chi connectivity index (χ0) is 7.68. The Hall–Kier alpha value is -1.11. The Balaban J connectivity index is 2.83. The van der Waals surface area contributed by atoms with Crippen molar-refractivity contribution in [1.82, 2.24) is 0 Å². The minimum absolute atomic E-state index is 1.32. The Morgan fingerprint density at radius 1 is 1.09 bits per heavy atom. The summed E-state index contributed by atoms with van der Waals surface area (Å²) in [5.41, 5.74) is 1.32. The van der Waals surface area contributed by atoms with E-state index in [0.717, 1.165) is 0 Å². The second-order valence-electron chi connectivity index (χ2n) is 2.85. The fourth-order valence-electron chi connectivity index (χ4n) is 1.31. The molecule has 0 N–H and O–H groups in total. The van der Waals surface area contributed by atoms with Crippen LogP contribution in [0.15, 0.2) is 36.2 Å². The van der Waals surface area contributed by atoms with Gasteiger partial charge < -0.3 is 0 Å². The van der Waals surface area contributed by atoms with Crippen molar-refractivity contribution < 1.29 is 0 Å². The van der Waals surface area contributed by atoms with Crippen molar-refractivity contribution in [3.63, 3.8) is 0 Å². The van der Waals surface area contributed by atoms with E-state index in [0.29, 0.717) is 0 Å². The van der Waals surface area contributed by atoms with E-state index >= 15 is 0 Å². The SMILES string of the molecule is Cc1ccc2ccbcc2c1. The second-order valence-corrected chi connectivity index (χ2v) is 2.85. The molecular weight excluding hydrogens is 131 g/mol. The molecule has 0 fully saturated rings. The summed E-state index contributed by atoms with van der Waals surface area (Å²) in [6.07, 6.45) is 0. The van der Waals surface area contributed by atoms with Crippen LogP contribution in [-0.4, -0.2) is 6.91 Å². The number of benzene rings is 1. The molecule has 0 saturated heterocycles. The molecule has 52 valence electrons. The van der Waals surface area contributed by atoms with Gasteiger partial charge in [-0.15, -0.1) is 0 Å². The molecule has 0 radical (unpaired) electrons. The molecule has 0 spiro atoms. The second kappa shape index (κ2) is 2.50. The van der Waals surface area contributed by atoms with E-state index in [4.69, 9.17) is 0 Å². The molecule has 11 heavy (non-hydrogen) atoms. The van der Waals surface area contributed by atoms with Gasteiger partial charge in [-0.3, -0.25) is 0 Å². The van der Waals surface area contributed by atoms with Gasteiger partial charge in [-0.05, 0) is 0 Å². The van der Waals surface area contributed by atoms with E-state index in [9.17, 15) is 0 Å². The third-order valence-electron chi connectivity index (χ3n) is 1.90. The Morgan fingerprint density at radius 3 is 2.91 bits per heavy atom. The predicted octanol–water partition coefficient (Wildman–Crippen LogP) is 2.49. The summed E-state index contributed by atoms with van der Waals surface area (Å²) in [5.74, 6) is 4.21. The minimum atomic E-state index is 1.32. The molecular formula is C10H9B. The molecule has 0 unspecified atom stereocenters. The number of hydrogen-bond acceptors (Lipinski definition) is 0. The maximum atomic E-state index is 2.20. The number of fused-ring (bicyclic) bond motifs is 1. The van der Waals surface area contributed by atoms with Crippen LogP contribution in [0.25, 0.3) is 10.8 Å². The molecule has 0 aliphatic rings. The van der Waals surface area contributed by atoms with Gasteiger partial charge in [-0.1, -0.05) is 0 Å². The number of rotatable bonds is 0. The van der Waals surface area contributed by atoms with Crippen molar-refractivity contribution in [1.29, 1.82) is 0 Å². The first-order valence-corrected chi connectivity index (χ1v) is 3.82. The molecule has 2 rings (SSSR count). The summed E-state index contributed by atoms with van der Waals surface area (Å²) < 4.78 is 0. The first-order valence-electron chi connectivity index (χ1n) is 3.82. The van der Waals surface area contributed by atoms with Crippen molar-refractivity contribution in [2.75, 3.05) is 0 Å². The number of aryl methyl sites for hydroxylation is 1. The van der Waals surface area contributed by atoms with E-state index in [2.05, 4.69) is 50.0 Å². The van der Waals surface area contributed by atoms with Gasteiger partial charge in [0.15, 0.2) is 0 Å². The molecule has 2 aromatic rings. The summed E-state index contributed by atoms with van der Waals surface area (Å²) in [7, 11) is 0. The van der Waals surface area contributed by atoms with Crippen LogP contribution in [0.3, 0.4) is 0 Å². The Labute approximate surface area is 67.1 Å². The van der Waals surface area contributed by atoms with Crippen LogP contribution in [0.2, 0.25) is 0 Å². The van der Waals surface area contributed by atoms with Gasteiger partial charge in [-0.25, -0.2) is 0 Å². The Bertz CT molecular complexity index is 379. The summed E-state index contributed by atoms with van der Waals surface area (Å²) in [5, 5.41) is 2.64. The Morgan fingerprint density at radius 2 is 2.00 bits per heavy atom. The van der Waals surface area contributed by atoms with Gasteiger partial charge in [0.1, 0.15) is 0 Å². The van der Waals surface area contributed by atoms with Gasteiger partial charge in [-0.2, -0.15) is 0 Å². The third-order valence-corrected chi connectivity index (χ3v) is 1.90. The molecule has 1 aromatic carbocycles. The topological polar surface area (TPSA) is 0 Å². The normalized spacial score (nSPS) is 9.91. The van der Waals surface area contributed by atoms with E-state index in [1.807, 2.05) is 0 Å². The summed E-state index contributed by atoms with van der Waals surface area (Å²) in [4.78, 5) is 0. The van der Waals surface area contributed by atoms with E-state index in [1.54, 1.807) is 0 Å². The molecule has 0 nitrogen and oxygen atoms in total. The molecule has 1 aromatic heterocycles. The Kier molecular flexibility index (Phi) is 1.50. The van der Waals surface area contributed by atoms with Crippen LogP contribution in [-0.2, 0) is 0 Å².